The smallest absolute Gasteiger partial charge is 0.207 e. The van der Waals surface area contributed by atoms with Crippen LogP contribution in [0.25, 0.3) is 0 Å². The van der Waals surface area contributed by atoms with Crippen molar-refractivity contribution in [2.75, 3.05) is 0 Å². The second-order valence-corrected chi connectivity index (χ2v) is 5.79. The molecule has 2 nitrogen and oxygen atoms in total. The summed E-state index contributed by atoms with van der Waals surface area (Å²) in [4.78, 5) is 10.7. The summed E-state index contributed by atoms with van der Waals surface area (Å²) in [7, 11) is 0. The molecule has 4 aliphatic rings. The number of carbonyl (C=O) groups excluding carboxylic acids is 1. The fraction of sp³-hybridized carbons (Fsp3) is 0.917. The maximum absolute atomic E-state index is 10.7. The lowest BCUT2D eigenvalue weighted by atomic mass is 9.65. The number of nitrogens with one attached hydrogen (secondary N) is 1. The molecule has 0 aliphatic heterocycles. The average Bonchev–Trinajstić information content (AvgIpc) is 2.31. The van der Waals surface area contributed by atoms with E-state index in [9.17, 15) is 4.79 Å². The van der Waals surface area contributed by atoms with Gasteiger partial charge in [-0.05, 0) is 62.7 Å². The van der Waals surface area contributed by atoms with E-state index in [0.29, 0.717) is 0 Å². The lowest BCUT2D eigenvalue weighted by molar-refractivity contribution is -0.112. The van der Waals surface area contributed by atoms with Crippen LogP contribution in [0, 0.1) is 17.8 Å². The Morgan fingerprint density at radius 1 is 1.07 bits per heavy atom. The van der Waals surface area contributed by atoms with Gasteiger partial charge in [-0.25, -0.2) is 0 Å². The minimum atomic E-state index is 0.209. The van der Waals surface area contributed by atoms with Crippen LogP contribution in [-0.4, -0.2) is 11.9 Å². The van der Waals surface area contributed by atoms with E-state index in [4.69, 9.17) is 0 Å². The number of amides is 1. The molecule has 0 aromatic heterocycles. The molecule has 78 valence electrons. The van der Waals surface area contributed by atoms with Crippen LogP contribution in [0.3, 0.4) is 0 Å². The number of hydrogen-bond acceptors (Lipinski definition) is 1. The molecule has 0 saturated heterocycles. The van der Waals surface area contributed by atoms with E-state index in [2.05, 4.69) is 5.32 Å². The Labute approximate surface area is 85.4 Å². The van der Waals surface area contributed by atoms with E-state index in [-0.39, 0.29) is 5.54 Å². The molecule has 2 heteroatoms. The summed E-state index contributed by atoms with van der Waals surface area (Å²) in [5.41, 5.74) is 0.209. The monoisotopic (exact) mass is 193 g/mol. The first-order valence-corrected chi connectivity index (χ1v) is 6.01. The van der Waals surface area contributed by atoms with Crippen LogP contribution in [-0.2, 0) is 4.79 Å². The van der Waals surface area contributed by atoms with Gasteiger partial charge < -0.3 is 5.32 Å². The Morgan fingerprint density at radius 3 is 2.36 bits per heavy atom. The lowest BCUT2D eigenvalue weighted by Crippen LogP contribution is -2.49. The molecule has 0 spiro atoms. The zero-order valence-corrected chi connectivity index (χ0v) is 8.67. The highest BCUT2D eigenvalue weighted by Crippen LogP contribution is 2.52. The molecule has 0 aromatic carbocycles. The summed E-state index contributed by atoms with van der Waals surface area (Å²) >= 11 is 0. The standard InChI is InChI=1S/C12H19NO/c14-8-13-12-2-1-9-3-10(6-12)5-11(4-9)7-12/h8-11H,1-7H2,(H,13,14). The molecule has 0 heterocycles. The third kappa shape index (κ3) is 1.27. The molecule has 4 rings (SSSR count). The summed E-state index contributed by atoms with van der Waals surface area (Å²) in [5, 5.41) is 3.15. The molecule has 0 radical (unpaired) electrons. The van der Waals surface area contributed by atoms with Gasteiger partial charge in [0, 0.05) is 5.54 Å². The van der Waals surface area contributed by atoms with Gasteiger partial charge in [0.1, 0.15) is 0 Å². The van der Waals surface area contributed by atoms with Crippen molar-refractivity contribution in [3.63, 3.8) is 0 Å². The maximum Gasteiger partial charge on any atom is 0.207 e. The van der Waals surface area contributed by atoms with Gasteiger partial charge in [-0.15, -0.1) is 0 Å². The predicted octanol–water partition coefficient (Wildman–Crippen LogP) is 2.09. The highest BCUT2D eigenvalue weighted by molar-refractivity contribution is 5.48. The second kappa shape index (κ2) is 2.98. The molecule has 4 aliphatic carbocycles. The first-order chi connectivity index (χ1) is 6.80. The van der Waals surface area contributed by atoms with Crippen LogP contribution in [0.4, 0.5) is 0 Å². The molecule has 0 aromatic rings. The molecule has 1 N–H and O–H groups in total. The van der Waals surface area contributed by atoms with Crippen molar-refractivity contribution in [3.05, 3.63) is 0 Å². The number of hydrogen-bond donors (Lipinski definition) is 1. The minimum Gasteiger partial charge on any atom is -0.353 e. The van der Waals surface area contributed by atoms with Gasteiger partial charge in [0.25, 0.3) is 0 Å². The van der Waals surface area contributed by atoms with E-state index in [0.717, 1.165) is 24.2 Å². The first-order valence-electron chi connectivity index (χ1n) is 6.01. The summed E-state index contributed by atoms with van der Waals surface area (Å²) in [6.07, 6.45) is 10.4. The Balaban J connectivity index is 1.89. The molecule has 2 unspecified atom stereocenters. The van der Waals surface area contributed by atoms with Crippen molar-refractivity contribution in [3.8, 4) is 0 Å². The van der Waals surface area contributed by atoms with Gasteiger partial charge in [-0.2, -0.15) is 0 Å². The zero-order chi connectivity index (χ0) is 9.60. The van der Waals surface area contributed by atoms with Crippen LogP contribution in [0.1, 0.15) is 44.9 Å². The van der Waals surface area contributed by atoms with Gasteiger partial charge >= 0.3 is 0 Å². The fourth-order valence-corrected chi connectivity index (χ4v) is 4.46. The van der Waals surface area contributed by atoms with Crippen LogP contribution in [0.2, 0.25) is 0 Å². The molecular weight excluding hydrogens is 174 g/mol. The first kappa shape index (κ1) is 8.75. The molecule has 4 saturated carbocycles. The highest BCUT2D eigenvalue weighted by atomic mass is 16.1. The Kier molecular flexibility index (Phi) is 1.86. The predicted molar refractivity (Wildman–Crippen MR) is 54.7 cm³/mol. The van der Waals surface area contributed by atoms with E-state index in [1.807, 2.05) is 0 Å². The van der Waals surface area contributed by atoms with Gasteiger partial charge in [0.2, 0.25) is 6.41 Å². The molecular formula is C12H19NO. The van der Waals surface area contributed by atoms with Crippen LogP contribution in [0.15, 0.2) is 0 Å². The van der Waals surface area contributed by atoms with Crippen molar-refractivity contribution in [2.24, 2.45) is 17.8 Å². The number of carbonyl (C=O) groups is 1. The Morgan fingerprint density at radius 2 is 1.71 bits per heavy atom. The van der Waals surface area contributed by atoms with Crippen molar-refractivity contribution in [1.82, 2.24) is 5.32 Å². The average molecular weight is 193 g/mol. The molecule has 4 fully saturated rings. The van der Waals surface area contributed by atoms with Gasteiger partial charge in [-0.3, -0.25) is 4.79 Å². The lowest BCUT2D eigenvalue weighted by Gasteiger charge is -2.45. The van der Waals surface area contributed by atoms with Crippen LogP contribution < -0.4 is 5.32 Å². The Hall–Kier alpha value is -0.530. The Bertz CT molecular complexity index is 237. The van der Waals surface area contributed by atoms with E-state index >= 15 is 0 Å². The molecule has 14 heavy (non-hydrogen) atoms. The topological polar surface area (TPSA) is 29.1 Å². The maximum atomic E-state index is 10.7. The SMILES string of the molecule is O=CNC12CCC3CC(CC(C3)C1)C2. The third-order valence-electron chi connectivity index (χ3n) is 4.76. The van der Waals surface area contributed by atoms with Crippen molar-refractivity contribution in [1.29, 1.82) is 0 Å². The summed E-state index contributed by atoms with van der Waals surface area (Å²) < 4.78 is 0. The second-order valence-electron chi connectivity index (χ2n) is 5.79. The fourth-order valence-electron chi connectivity index (χ4n) is 4.46. The quantitative estimate of drug-likeness (QED) is 0.668. The normalized spacial score (nSPS) is 50.1. The van der Waals surface area contributed by atoms with Crippen molar-refractivity contribution >= 4 is 6.41 Å². The summed E-state index contributed by atoms with van der Waals surface area (Å²) in [6, 6.07) is 0. The molecule has 2 atom stereocenters. The van der Waals surface area contributed by atoms with E-state index in [1.54, 1.807) is 0 Å². The third-order valence-corrected chi connectivity index (χ3v) is 4.76. The molecule has 4 bridgehead atoms. The van der Waals surface area contributed by atoms with Gasteiger partial charge in [-0.1, -0.05) is 0 Å². The minimum absolute atomic E-state index is 0.209. The van der Waals surface area contributed by atoms with Crippen LogP contribution in [0.5, 0.6) is 0 Å². The van der Waals surface area contributed by atoms with Crippen molar-refractivity contribution in [2.45, 2.75) is 50.5 Å². The largest absolute Gasteiger partial charge is 0.353 e. The van der Waals surface area contributed by atoms with E-state index < -0.39 is 0 Å². The summed E-state index contributed by atoms with van der Waals surface area (Å²) in [6.45, 7) is 0. The number of rotatable bonds is 2. The highest BCUT2D eigenvalue weighted by Gasteiger charge is 2.47. The number of fused-ring (bicyclic) bond motifs is 1. The van der Waals surface area contributed by atoms with E-state index in [1.165, 1.54) is 44.9 Å². The summed E-state index contributed by atoms with van der Waals surface area (Å²) in [5.74, 6) is 2.82. The van der Waals surface area contributed by atoms with Gasteiger partial charge in [0.05, 0.1) is 0 Å². The van der Waals surface area contributed by atoms with Gasteiger partial charge in [0.15, 0.2) is 0 Å². The molecule has 1 amide bonds. The van der Waals surface area contributed by atoms with Crippen LogP contribution >= 0.6 is 0 Å². The van der Waals surface area contributed by atoms with Crippen molar-refractivity contribution < 1.29 is 4.79 Å². The zero-order valence-electron chi connectivity index (χ0n) is 8.67.